The number of nitrogens with zero attached hydrogens (tertiary/aromatic N) is 2. The van der Waals surface area contributed by atoms with Crippen LogP contribution in [-0.2, 0) is 24.3 Å². The minimum Gasteiger partial charge on any atom is -0.468 e. The highest BCUT2D eigenvalue weighted by molar-refractivity contribution is 7.89. The van der Waals surface area contributed by atoms with Crippen molar-refractivity contribution in [3.63, 3.8) is 0 Å². The molecule has 0 aliphatic rings. The number of amides is 1. The molecule has 0 fully saturated rings. The normalized spacial score (nSPS) is 12.8. The summed E-state index contributed by atoms with van der Waals surface area (Å²) in [7, 11) is -2.93. The molecule has 0 bridgehead atoms. The lowest BCUT2D eigenvalue weighted by atomic mass is 10.1. The minimum atomic E-state index is -4.10. The highest BCUT2D eigenvalue weighted by Gasteiger charge is 2.35. The molecule has 32 heavy (non-hydrogen) atoms. The lowest BCUT2D eigenvalue weighted by Gasteiger charge is -2.28. The monoisotopic (exact) mass is 473 g/mol. The van der Waals surface area contributed by atoms with Crippen molar-refractivity contribution in [3.05, 3.63) is 34.4 Å². The molecule has 11 nitrogen and oxygen atoms in total. The van der Waals surface area contributed by atoms with E-state index in [0.29, 0.717) is 19.4 Å². The summed E-state index contributed by atoms with van der Waals surface area (Å²) >= 11 is 0. The first-order valence-electron chi connectivity index (χ1n) is 10.1. The maximum Gasteiger partial charge on any atom is 0.407 e. The number of benzene rings is 1. The molecule has 0 spiro atoms. The van der Waals surface area contributed by atoms with Gasteiger partial charge in [0.15, 0.2) is 0 Å². The third kappa shape index (κ3) is 8.08. The maximum absolute atomic E-state index is 13.1. The van der Waals surface area contributed by atoms with Gasteiger partial charge in [-0.05, 0) is 52.2 Å². The van der Waals surface area contributed by atoms with Crippen LogP contribution >= 0.6 is 0 Å². The summed E-state index contributed by atoms with van der Waals surface area (Å²) in [4.78, 5) is 34.1. The molecule has 0 radical (unpaired) electrons. The Labute approximate surface area is 188 Å². The zero-order valence-corrected chi connectivity index (χ0v) is 19.8. The average molecular weight is 474 g/mol. The molecule has 1 rings (SSSR count). The van der Waals surface area contributed by atoms with Gasteiger partial charge in [0, 0.05) is 25.2 Å². The van der Waals surface area contributed by atoms with E-state index in [1.807, 2.05) is 0 Å². The van der Waals surface area contributed by atoms with E-state index in [0.717, 1.165) is 28.6 Å². The Morgan fingerprint density at radius 2 is 1.78 bits per heavy atom. The van der Waals surface area contributed by atoms with E-state index in [1.165, 1.54) is 7.11 Å². The van der Waals surface area contributed by atoms with Gasteiger partial charge in [0.05, 0.1) is 16.9 Å². The van der Waals surface area contributed by atoms with E-state index in [4.69, 9.17) is 9.47 Å². The number of nitrogens with one attached hydrogen (secondary N) is 1. The first kappa shape index (κ1) is 27.3. The second kappa shape index (κ2) is 11.8. The van der Waals surface area contributed by atoms with E-state index >= 15 is 0 Å². The van der Waals surface area contributed by atoms with E-state index in [-0.39, 0.29) is 23.5 Å². The van der Waals surface area contributed by atoms with E-state index in [2.05, 4.69) is 5.32 Å². The van der Waals surface area contributed by atoms with E-state index < -0.39 is 38.7 Å². The van der Waals surface area contributed by atoms with Crippen LogP contribution < -0.4 is 5.32 Å². The van der Waals surface area contributed by atoms with Gasteiger partial charge in [-0.3, -0.25) is 14.9 Å². The van der Waals surface area contributed by atoms with Gasteiger partial charge < -0.3 is 14.8 Å². The van der Waals surface area contributed by atoms with E-state index in [9.17, 15) is 28.1 Å². The van der Waals surface area contributed by atoms with Crippen LogP contribution in [0.3, 0.4) is 0 Å². The van der Waals surface area contributed by atoms with Crippen LogP contribution in [0.1, 0.15) is 47.0 Å². The highest BCUT2D eigenvalue weighted by atomic mass is 32.2. The van der Waals surface area contributed by atoms with Gasteiger partial charge >= 0.3 is 12.1 Å². The number of unbranched alkanes of at least 4 members (excludes halogenated alkanes) is 1. The fraction of sp³-hybridized carbons (Fsp3) is 0.600. The number of sulfonamides is 1. The number of methoxy groups -OCH3 is 1. The molecule has 0 unspecified atom stereocenters. The standard InChI is InChI=1S/C20H31N3O8S/c1-6-22(32(28,29)16-12-10-15(11-13-16)23(26)27)17(18(24)30-5)9-7-8-14-21-19(25)31-20(2,3)4/h10-13,17H,6-9,14H2,1-5H3,(H,21,25)/t17-/m0/s1. The lowest BCUT2D eigenvalue weighted by molar-refractivity contribution is -0.384. The van der Waals surface area contributed by atoms with Crippen molar-refractivity contribution in [1.82, 2.24) is 9.62 Å². The van der Waals surface area contributed by atoms with Crippen LogP contribution in [0.25, 0.3) is 0 Å². The number of carbonyl (C=O) groups is 2. The number of non-ortho nitro benzene ring substituents is 1. The lowest BCUT2D eigenvalue weighted by Crippen LogP contribution is -2.45. The first-order valence-corrected chi connectivity index (χ1v) is 11.6. The van der Waals surface area contributed by atoms with Gasteiger partial charge in [0.1, 0.15) is 11.6 Å². The summed E-state index contributed by atoms with van der Waals surface area (Å²) in [5.41, 5.74) is -0.859. The number of rotatable bonds is 11. The van der Waals surface area contributed by atoms with Crippen LogP contribution in [0.15, 0.2) is 29.2 Å². The zero-order chi connectivity index (χ0) is 24.5. The summed E-state index contributed by atoms with van der Waals surface area (Å²) in [6.45, 7) is 7.12. The Kier molecular flexibility index (Phi) is 10.0. The molecule has 1 N–H and O–H groups in total. The molecule has 180 valence electrons. The van der Waals surface area contributed by atoms with Crippen LogP contribution in [-0.4, -0.2) is 61.6 Å². The quantitative estimate of drug-likeness (QED) is 0.223. The maximum atomic E-state index is 13.1. The van der Waals surface area contributed by atoms with Crippen molar-refractivity contribution < 1.29 is 32.4 Å². The Bertz CT molecular complexity index is 894. The molecule has 0 aromatic heterocycles. The molecule has 0 saturated heterocycles. The molecule has 1 aromatic carbocycles. The molecule has 12 heteroatoms. The van der Waals surface area contributed by atoms with Crippen molar-refractivity contribution in [2.45, 2.75) is 63.5 Å². The zero-order valence-electron chi connectivity index (χ0n) is 19.0. The van der Waals surface area contributed by atoms with Crippen molar-refractivity contribution in [2.24, 2.45) is 0 Å². The Balaban J connectivity index is 2.86. The molecule has 0 saturated carbocycles. The van der Waals surface area contributed by atoms with Crippen molar-refractivity contribution in [1.29, 1.82) is 0 Å². The number of alkyl carbamates (subject to hydrolysis) is 1. The molecule has 0 heterocycles. The van der Waals surface area contributed by atoms with Crippen LogP contribution in [0, 0.1) is 10.1 Å². The number of likely N-dealkylation sites (N-methyl/N-ethyl adjacent to an activating group) is 1. The molecular weight excluding hydrogens is 442 g/mol. The smallest absolute Gasteiger partial charge is 0.407 e. The molecular formula is C20H31N3O8S. The van der Waals surface area contributed by atoms with Gasteiger partial charge in [-0.25, -0.2) is 13.2 Å². The number of carbonyl (C=O) groups excluding carboxylic acids is 2. The second-order valence-corrected chi connectivity index (χ2v) is 9.81. The number of ether oxygens (including phenoxy) is 2. The Hall–Kier alpha value is -2.73. The molecule has 1 atom stereocenters. The van der Waals surface area contributed by atoms with Gasteiger partial charge in [0.2, 0.25) is 10.0 Å². The number of esters is 1. The SMILES string of the molecule is CCN([C@@H](CCCCNC(=O)OC(C)(C)C)C(=O)OC)S(=O)(=O)c1ccc([N+](=O)[O-])cc1. The summed E-state index contributed by atoms with van der Waals surface area (Å²) in [5.74, 6) is -0.711. The Morgan fingerprint density at radius 3 is 2.25 bits per heavy atom. The van der Waals surface area contributed by atoms with Crippen LogP contribution in [0.4, 0.5) is 10.5 Å². The molecule has 0 aliphatic heterocycles. The largest absolute Gasteiger partial charge is 0.468 e. The predicted molar refractivity (Wildman–Crippen MR) is 117 cm³/mol. The van der Waals surface area contributed by atoms with Crippen molar-refractivity contribution >= 4 is 27.8 Å². The third-order valence-corrected chi connectivity index (χ3v) is 6.36. The van der Waals surface area contributed by atoms with Gasteiger partial charge in [-0.15, -0.1) is 0 Å². The van der Waals surface area contributed by atoms with Gasteiger partial charge in [-0.2, -0.15) is 4.31 Å². The molecule has 0 aliphatic carbocycles. The Morgan fingerprint density at radius 1 is 1.19 bits per heavy atom. The van der Waals surface area contributed by atoms with Crippen molar-refractivity contribution in [3.8, 4) is 0 Å². The van der Waals surface area contributed by atoms with Crippen LogP contribution in [0.2, 0.25) is 0 Å². The fourth-order valence-corrected chi connectivity index (χ4v) is 4.53. The average Bonchev–Trinajstić information content (AvgIpc) is 2.70. The highest BCUT2D eigenvalue weighted by Crippen LogP contribution is 2.23. The predicted octanol–water partition coefficient (Wildman–Crippen LogP) is 2.84. The second-order valence-electron chi connectivity index (χ2n) is 7.92. The topological polar surface area (TPSA) is 145 Å². The van der Waals surface area contributed by atoms with Crippen LogP contribution in [0.5, 0.6) is 0 Å². The number of hydrogen-bond acceptors (Lipinski definition) is 8. The summed E-state index contributed by atoms with van der Waals surface area (Å²) in [6.07, 6.45) is 0.532. The molecule has 1 aromatic rings. The van der Waals surface area contributed by atoms with Crippen molar-refractivity contribution in [2.75, 3.05) is 20.2 Å². The summed E-state index contributed by atoms with van der Waals surface area (Å²) < 4.78 is 37.1. The van der Waals surface area contributed by atoms with Gasteiger partial charge in [-0.1, -0.05) is 6.92 Å². The third-order valence-electron chi connectivity index (χ3n) is 4.36. The molecule has 1 amide bonds. The number of nitro groups is 1. The summed E-state index contributed by atoms with van der Waals surface area (Å²) in [5, 5.41) is 13.4. The van der Waals surface area contributed by atoms with E-state index in [1.54, 1.807) is 27.7 Å². The van der Waals surface area contributed by atoms with Gasteiger partial charge in [0.25, 0.3) is 5.69 Å². The summed E-state index contributed by atoms with van der Waals surface area (Å²) in [6, 6.07) is 3.38. The fourth-order valence-electron chi connectivity index (χ4n) is 2.92. The minimum absolute atomic E-state index is 0.00472. The number of hydrogen-bond donors (Lipinski definition) is 1. The number of nitro benzene ring substituents is 1. The first-order chi connectivity index (χ1) is 14.8.